The van der Waals surface area contributed by atoms with Crippen molar-refractivity contribution in [2.24, 2.45) is 5.73 Å². The van der Waals surface area contributed by atoms with E-state index in [1.807, 2.05) is 18.2 Å². The Morgan fingerprint density at radius 1 is 1.25 bits per heavy atom. The minimum atomic E-state index is 0.293. The maximum atomic E-state index is 5.98. The van der Waals surface area contributed by atoms with Gasteiger partial charge in [-0.1, -0.05) is 6.07 Å². The zero-order valence-corrected chi connectivity index (χ0v) is 16.9. The molecule has 1 saturated carbocycles. The number of hydrogen-bond donors (Lipinski definition) is 1. The van der Waals surface area contributed by atoms with Gasteiger partial charge in [0.05, 0.1) is 24.5 Å². The summed E-state index contributed by atoms with van der Waals surface area (Å²) in [6.07, 6.45) is 4.04. The number of fused-ring (bicyclic) bond motifs is 1. The van der Waals surface area contributed by atoms with Crippen LogP contribution in [0.5, 0.6) is 0 Å². The van der Waals surface area contributed by atoms with Crippen molar-refractivity contribution in [3.63, 3.8) is 0 Å². The number of nitrogens with zero attached hydrogens (tertiary/aromatic N) is 6. The Morgan fingerprint density at radius 3 is 2.82 bits per heavy atom. The van der Waals surface area contributed by atoms with Gasteiger partial charge in [-0.15, -0.1) is 10.2 Å². The van der Waals surface area contributed by atoms with Crippen molar-refractivity contribution >= 4 is 5.65 Å². The summed E-state index contributed by atoms with van der Waals surface area (Å²) in [5.41, 5.74) is 9.22. The Hall–Kier alpha value is -2.29. The number of imidazole rings is 1. The molecule has 4 rings (SSSR count). The van der Waals surface area contributed by atoms with Crippen molar-refractivity contribution in [2.45, 2.75) is 51.4 Å². The number of nitrogens with two attached hydrogens (primary N) is 1. The second-order valence-electron chi connectivity index (χ2n) is 7.79. The van der Waals surface area contributed by atoms with Crippen molar-refractivity contribution in [3.8, 4) is 0 Å². The Kier molecular flexibility index (Phi) is 5.43. The van der Waals surface area contributed by atoms with E-state index < -0.39 is 0 Å². The quantitative estimate of drug-likeness (QED) is 0.637. The minimum absolute atomic E-state index is 0.293. The van der Waals surface area contributed by atoms with Gasteiger partial charge in [0.25, 0.3) is 0 Å². The molecule has 150 valence electrons. The maximum absolute atomic E-state index is 5.98. The molecule has 1 fully saturated rings. The van der Waals surface area contributed by atoms with Crippen LogP contribution in [0.15, 0.2) is 24.4 Å². The predicted molar refractivity (Wildman–Crippen MR) is 107 cm³/mol. The van der Waals surface area contributed by atoms with E-state index in [9.17, 15) is 0 Å². The highest BCUT2D eigenvalue weighted by Gasteiger charge is 2.32. The molecule has 0 saturated heterocycles. The molecule has 8 heteroatoms. The van der Waals surface area contributed by atoms with Gasteiger partial charge in [0.15, 0.2) is 0 Å². The number of aromatic nitrogens is 5. The van der Waals surface area contributed by atoms with Gasteiger partial charge in [-0.25, -0.2) is 4.98 Å². The van der Waals surface area contributed by atoms with Gasteiger partial charge in [0.1, 0.15) is 17.3 Å². The molecule has 0 bridgehead atoms. The molecule has 0 amide bonds. The minimum Gasteiger partial charge on any atom is -0.383 e. The number of aryl methyl sites for hydroxylation is 1. The monoisotopic (exact) mass is 383 g/mol. The number of methoxy groups -OCH3 is 1. The van der Waals surface area contributed by atoms with Gasteiger partial charge >= 0.3 is 0 Å². The van der Waals surface area contributed by atoms with Crippen molar-refractivity contribution in [3.05, 3.63) is 47.4 Å². The third kappa shape index (κ3) is 3.67. The van der Waals surface area contributed by atoms with Gasteiger partial charge in [0, 0.05) is 38.4 Å². The third-order valence-electron chi connectivity index (χ3n) is 5.57. The molecule has 3 heterocycles. The van der Waals surface area contributed by atoms with E-state index in [4.69, 9.17) is 10.5 Å². The first-order chi connectivity index (χ1) is 13.6. The first-order valence-corrected chi connectivity index (χ1v) is 9.84. The molecule has 3 aromatic heterocycles. The average molecular weight is 384 g/mol. The second-order valence-corrected chi connectivity index (χ2v) is 7.79. The van der Waals surface area contributed by atoms with E-state index in [1.165, 1.54) is 5.69 Å². The second kappa shape index (κ2) is 7.98. The summed E-state index contributed by atoms with van der Waals surface area (Å²) in [5, 5.41) is 9.00. The van der Waals surface area contributed by atoms with Crippen LogP contribution in [-0.2, 0) is 24.4 Å². The SMILES string of the molecule is COCCn1c(CN(C)Cc2c(C)nc3ccccn23)nnc1C1CC(N)C1. The molecular formula is C20H29N7O. The van der Waals surface area contributed by atoms with Crippen LogP contribution in [0.25, 0.3) is 5.65 Å². The van der Waals surface area contributed by atoms with Crippen LogP contribution >= 0.6 is 0 Å². The Bertz CT molecular complexity index is 941. The summed E-state index contributed by atoms with van der Waals surface area (Å²) < 4.78 is 9.68. The molecule has 2 N–H and O–H groups in total. The van der Waals surface area contributed by atoms with Crippen LogP contribution in [0, 0.1) is 6.92 Å². The highest BCUT2D eigenvalue weighted by atomic mass is 16.5. The number of hydrogen-bond acceptors (Lipinski definition) is 6. The van der Waals surface area contributed by atoms with E-state index in [2.05, 4.69) is 49.2 Å². The smallest absolute Gasteiger partial charge is 0.147 e. The van der Waals surface area contributed by atoms with Crippen molar-refractivity contribution < 1.29 is 4.74 Å². The van der Waals surface area contributed by atoms with Gasteiger partial charge < -0.3 is 19.4 Å². The zero-order chi connectivity index (χ0) is 19.7. The van der Waals surface area contributed by atoms with Gasteiger partial charge in [0.2, 0.25) is 0 Å². The molecule has 3 aromatic rings. The summed E-state index contributed by atoms with van der Waals surface area (Å²) in [6, 6.07) is 6.38. The van der Waals surface area contributed by atoms with Crippen LogP contribution < -0.4 is 5.73 Å². The van der Waals surface area contributed by atoms with Gasteiger partial charge in [-0.2, -0.15) is 0 Å². The lowest BCUT2D eigenvalue weighted by Crippen LogP contribution is -2.36. The zero-order valence-electron chi connectivity index (χ0n) is 16.9. The molecule has 0 unspecified atom stereocenters. The standard InChI is InChI=1S/C20H29N7O/c1-14-17(26-7-5-4-6-18(26)22-14)12-25(2)13-19-23-24-20(15-10-16(21)11-15)27(19)8-9-28-3/h4-7,15-16H,8-13,21H2,1-3H3. The topological polar surface area (TPSA) is 86.5 Å². The van der Waals surface area contributed by atoms with E-state index >= 15 is 0 Å². The highest BCUT2D eigenvalue weighted by molar-refractivity contribution is 5.42. The van der Waals surface area contributed by atoms with Crippen LogP contribution in [-0.4, -0.2) is 55.9 Å². The molecule has 28 heavy (non-hydrogen) atoms. The van der Waals surface area contributed by atoms with Crippen molar-refractivity contribution in [1.82, 2.24) is 29.0 Å². The molecule has 0 spiro atoms. The fourth-order valence-electron chi connectivity index (χ4n) is 3.97. The summed E-state index contributed by atoms with van der Waals surface area (Å²) in [5.74, 6) is 2.44. The first-order valence-electron chi connectivity index (χ1n) is 9.84. The molecule has 0 atom stereocenters. The lowest BCUT2D eigenvalue weighted by Gasteiger charge is -2.32. The Labute approximate surface area is 165 Å². The van der Waals surface area contributed by atoms with Crippen molar-refractivity contribution in [2.75, 3.05) is 20.8 Å². The normalized spacial score (nSPS) is 19.5. The van der Waals surface area contributed by atoms with Crippen molar-refractivity contribution in [1.29, 1.82) is 0 Å². The first kappa shape index (κ1) is 19.0. The largest absolute Gasteiger partial charge is 0.383 e. The fraction of sp³-hybridized carbons (Fsp3) is 0.550. The number of ether oxygens (including phenoxy) is 1. The summed E-state index contributed by atoms with van der Waals surface area (Å²) in [6.45, 7) is 4.98. The molecule has 0 aromatic carbocycles. The van der Waals surface area contributed by atoms with Crippen LogP contribution in [0.4, 0.5) is 0 Å². The van der Waals surface area contributed by atoms with E-state index in [0.29, 0.717) is 18.6 Å². The lowest BCUT2D eigenvalue weighted by molar-refractivity contribution is 0.181. The predicted octanol–water partition coefficient (Wildman–Crippen LogP) is 1.72. The number of pyridine rings is 1. The van der Waals surface area contributed by atoms with Crippen LogP contribution in [0.1, 0.15) is 41.8 Å². The summed E-state index contributed by atoms with van der Waals surface area (Å²) in [7, 11) is 3.83. The Balaban J connectivity index is 1.52. The van der Waals surface area contributed by atoms with Gasteiger partial charge in [-0.05, 0) is 38.9 Å². The van der Waals surface area contributed by atoms with Crippen LogP contribution in [0.3, 0.4) is 0 Å². The molecule has 8 nitrogen and oxygen atoms in total. The fourth-order valence-corrected chi connectivity index (χ4v) is 3.97. The molecule has 0 radical (unpaired) electrons. The van der Waals surface area contributed by atoms with Gasteiger partial charge in [-0.3, -0.25) is 4.90 Å². The lowest BCUT2D eigenvalue weighted by atomic mass is 9.80. The molecule has 1 aliphatic rings. The summed E-state index contributed by atoms with van der Waals surface area (Å²) >= 11 is 0. The van der Waals surface area contributed by atoms with E-state index in [-0.39, 0.29) is 0 Å². The Morgan fingerprint density at radius 2 is 2.07 bits per heavy atom. The third-order valence-corrected chi connectivity index (χ3v) is 5.57. The number of rotatable bonds is 8. The highest BCUT2D eigenvalue weighted by Crippen LogP contribution is 2.35. The van der Waals surface area contributed by atoms with Crippen LogP contribution in [0.2, 0.25) is 0 Å². The maximum Gasteiger partial charge on any atom is 0.147 e. The van der Waals surface area contributed by atoms with E-state index in [1.54, 1.807) is 7.11 Å². The molecule has 0 aliphatic heterocycles. The molecular weight excluding hydrogens is 354 g/mol. The van der Waals surface area contributed by atoms with E-state index in [0.717, 1.165) is 55.5 Å². The molecule has 1 aliphatic carbocycles. The summed E-state index contributed by atoms with van der Waals surface area (Å²) in [4.78, 5) is 6.92. The average Bonchev–Trinajstić information content (AvgIpc) is 3.18.